The van der Waals surface area contributed by atoms with Crippen LogP contribution in [0.5, 0.6) is 0 Å². The molecule has 29 heavy (non-hydrogen) atoms. The van der Waals surface area contributed by atoms with Crippen molar-refractivity contribution < 1.29 is 4.57 Å². The number of benzene rings is 3. The lowest BCUT2D eigenvalue weighted by atomic mass is 9.90. The first-order chi connectivity index (χ1) is 14.0. The van der Waals surface area contributed by atoms with Gasteiger partial charge in [0.2, 0.25) is 5.69 Å². The van der Waals surface area contributed by atoms with Crippen molar-refractivity contribution in [2.24, 2.45) is 7.05 Å². The molecule has 1 heterocycles. The third-order valence-electron chi connectivity index (χ3n) is 5.95. The van der Waals surface area contributed by atoms with Crippen LogP contribution in [0.3, 0.4) is 0 Å². The molecule has 0 amide bonds. The Kier molecular flexibility index (Phi) is 5.07. The minimum atomic E-state index is 1.24. The molecule has 0 aliphatic carbocycles. The molecule has 3 aromatic carbocycles. The van der Waals surface area contributed by atoms with Crippen LogP contribution in [0.15, 0.2) is 79.0 Å². The third-order valence-corrected chi connectivity index (χ3v) is 5.95. The van der Waals surface area contributed by atoms with E-state index in [2.05, 4.69) is 118 Å². The van der Waals surface area contributed by atoms with Crippen molar-refractivity contribution in [2.45, 2.75) is 27.7 Å². The zero-order valence-corrected chi connectivity index (χ0v) is 18.0. The van der Waals surface area contributed by atoms with Crippen LogP contribution in [0.25, 0.3) is 33.5 Å². The molecule has 0 N–H and O–H groups in total. The van der Waals surface area contributed by atoms with Crippen LogP contribution in [0.1, 0.15) is 22.3 Å². The summed E-state index contributed by atoms with van der Waals surface area (Å²) in [4.78, 5) is 0. The first-order valence-electron chi connectivity index (χ1n) is 10.2. The van der Waals surface area contributed by atoms with Crippen LogP contribution in [-0.4, -0.2) is 0 Å². The molecule has 1 heteroatoms. The molecular weight excluding hydrogens is 350 g/mol. The van der Waals surface area contributed by atoms with E-state index in [9.17, 15) is 0 Å². The first kappa shape index (κ1) is 19.1. The SMILES string of the molecule is Cc1ccccc1-c1cc(-c2cccc(-c3ccccc3C)c2C)[n+](C)cc1C. The van der Waals surface area contributed by atoms with E-state index in [1.54, 1.807) is 0 Å². The van der Waals surface area contributed by atoms with E-state index in [0.717, 1.165) is 0 Å². The highest BCUT2D eigenvalue weighted by molar-refractivity contribution is 5.80. The maximum Gasteiger partial charge on any atom is 0.213 e. The van der Waals surface area contributed by atoms with Crippen LogP contribution in [0.2, 0.25) is 0 Å². The Bertz CT molecular complexity index is 1200. The predicted molar refractivity (Wildman–Crippen MR) is 123 cm³/mol. The lowest BCUT2D eigenvalue weighted by molar-refractivity contribution is -0.660. The second-order valence-electron chi connectivity index (χ2n) is 7.97. The highest BCUT2D eigenvalue weighted by Gasteiger charge is 2.19. The number of hydrogen-bond acceptors (Lipinski definition) is 0. The molecule has 0 radical (unpaired) electrons. The average molecular weight is 379 g/mol. The normalized spacial score (nSPS) is 10.9. The molecule has 1 aromatic heterocycles. The molecule has 0 aliphatic heterocycles. The zero-order valence-electron chi connectivity index (χ0n) is 18.0. The summed E-state index contributed by atoms with van der Waals surface area (Å²) in [6.07, 6.45) is 2.25. The number of aryl methyl sites for hydroxylation is 4. The molecule has 0 fully saturated rings. The van der Waals surface area contributed by atoms with E-state index in [1.165, 1.54) is 55.8 Å². The van der Waals surface area contributed by atoms with Crippen LogP contribution < -0.4 is 4.57 Å². The van der Waals surface area contributed by atoms with Gasteiger partial charge in [0.15, 0.2) is 6.20 Å². The second kappa shape index (κ2) is 7.67. The molecule has 1 nitrogen and oxygen atoms in total. The number of hydrogen-bond donors (Lipinski definition) is 0. The fraction of sp³-hybridized carbons (Fsp3) is 0.179. The van der Waals surface area contributed by atoms with E-state index in [1.807, 2.05) is 0 Å². The topological polar surface area (TPSA) is 3.88 Å². The fourth-order valence-electron chi connectivity index (χ4n) is 4.29. The zero-order chi connectivity index (χ0) is 20.5. The molecule has 4 rings (SSSR count). The Hall–Kier alpha value is -3.19. The Labute approximate surface area is 174 Å². The van der Waals surface area contributed by atoms with Gasteiger partial charge in [-0.3, -0.25) is 0 Å². The number of pyridine rings is 1. The molecule has 0 bridgehead atoms. The van der Waals surface area contributed by atoms with Crippen molar-refractivity contribution in [3.63, 3.8) is 0 Å². The van der Waals surface area contributed by atoms with E-state index < -0.39 is 0 Å². The van der Waals surface area contributed by atoms with Gasteiger partial charge in [0.1, 0.15) is 7.05 Å². The quantitative estimate of drug-likeness (QED) is 0.347. The van der Waals surface area contributed by atoms with Crippen LogP contribution >= 0.6 is 0 Å². The van der Waals surface area contributed by atoms with Gasteiger partial charge in [-0.2, -0.15) is 0 Å². The van der Waals surface area contributed by atoms with Gasteiger partial charge in [-0.05, 0) is 72.7 Å². The monoisotopic (exact) mass is 378 g/mol. The Morgan fingerprint density at radius 1 is 0.517 bits per heavy atom. The van der Waals surface area contributed by atoms with Crippen molar-refractivity contribution in [3.8, 4) is 33.5 Å². The standard InChI is InChI=1S/C28H28N/c1-19-11-6-8-13-23(19)25-15-10-16-26(22(25)4)28-17-27(21(3)18-29(28)5)24-14-9-7-12-20(24)2/h6-18H,1-5H3/q+1. The molecule has 0 aliphatic rings. The minimum Gasteiger partial charge on any atom is -0.201 e. The maximum atomic E-state index is 2.35. The summed E-state index contributed by atoms with van der Waals surface area (Å²) in [5.41, 5.74) is 13.0. The lowest BCUT2D eigenvalue weighted by Gasteiger charge is -2.14. The highest BCUT2D eigenvalue weighted by atomic mass is 14.9. The maximum absolute atomic E-state index is 2.35. The van der Waals surface area contributed by atoms with Crippen LogP contribution in [-0.2, 0) is 7.05 Å². The highest BCUT2D eigenvalue weighted by Crippen LogP contribution is 2.34. The molecule has 4 aromatic rings. The summed E-state index contributed by atoms with van der Waals surface area (Å²) >= 11 is 0. The summed E-state index contributed by atoms with van der Waals surface area (Å²) in [7, 11) is 2.14. The van der Waals surface area contributed by atoms with Gasteiger partial charge in [0.05, 0.1) is 0 Å². The molecule has 0 atom stereocenters. The summed E-state index contributed by atoms with van der Waals surface area (Å²) < 4.78 is 2.25. The van der Waals surface area contributed by atoms with Crippen molar-refractivity contribution >= 4 is 0 Å². The van der Waals surface area contributed by atoms with Gasteiger partial charge < -0.3 is 0 Å². The summed E-state index contributed by atoms with van der Waals surface area (Å²) in [5.74, 6) is 0. The second-order valence-corrected chi connectivity index (χ2v) is 7.97. The van der Waals surface area contributed by atoms with Crippen molar-refractivity contribution in [3.05, 3.63) is 101 Å². The largest absolute Gasteiger partial charge is 0.213 e. The van der Waals surface area contributed by atoms with Gasteiger partial charge in [-0.1, -0.05) is 60.7 Å². The van der Waals surface area contributed by atoms with Crippen molar-refractivity contribution in [2.75, 3.05) is 0 Å². The van der Waals surface area contributed by atoms with Gasteiger partial charge in [-0.15, -0.1) is 0 Å². The lowest BCUT2D eigenvalue weighted by Crippen LogP contribution is -2.31. The summed E-state index contributed by atoms with van der Waals surface area (Å²) in [5, 5.41) is 0. The molecule has 0 saturated heterocycles. The minimum absolute atomic E-state index is 1.24. The Morgan fingerprint density at radius 2 is 1.03 bits per heavy atom. The number of nitrogens with zero attached hydrogens (tertiary/aromatic N) is 1. The average Bonchev–Trinajstić information content (AvgIpc) is 2.70. The van der Waals surface area contributed by atoms with Crippen LogP contribution in [0.4, 0.5) is 0 Å². The molecular formula is C28H28N+. The van der Waals surface area contributed by atoms with Gasteiger partial charge in [-0.25, -0.2) is 4.57 Å². The fourth-order valence-corrected chi connectivity index (χ4v) is 4.29. The third kappa shape index (κ3) is 3.49. The van der Waals surface area contributed by atoms with Crippen molar-refractivity contribution in [1.82, 2.24) is 0 Å². The molecule has 0 spiro atoms. The number of aromatic nitrogens is 1. The van der Waals surface area contributed by atoms with Crippen molar-refractivity contribution in [1.29, 1.82) is 0 Å². The van der Waals surface area contributed by atoms with Gasteiger partial charge in [0.25, 0.3) is 0 Å². The summed E-state index contributed by atoms with van der Waals surface area (Å²) in [6.45, 7) is 8.81. The van der Waals surface area contributed by atoms with E-state index in [-0.39, 0.29) is 0 Å². The van der Waals surface area contributed by atoms with E-state index >= 15 is 0 Å². The van der Waals surface area contributed by atoms with E-state index in [0.29, 0.717) is 0 Å². The van der Waals surface area contributed by atoms with Gasteiger partial charge in [0, 0.05) is 17.2 Å². The Balaban J connectivity index is 1.93. The van der Waals surface area contributed by atoms with Crippen LogP contribution in [0, 0.1) is 27.7 Å². The molecule has 0 saturated carbocycles. The number of rotatable bonds is 3. The smallest absolute Gasteiger partial charge is 0.201 e. The first-order valence-corrected chi connectivity index (χ1v) is 10.2. The summed E-state index contributed by atoms with van der Waals surface area (Å²) in [6, 6.07) is 26.3. The van der Waals surface area contributed by atoms with E-state index in [4.69, 9.17) is 0 Å². The Morgan fingerprint density at radius 3 is 1.66 bits per heavy atom. The molecule has 0 unspecified atom stereocenters. The van der Waals surface area contributed by atoms with Gasteiger partial charge >= 0.3 is 0 Å². The predicted octanol–water partition coefficient (Wildman–Crippen LogP) is 6.75. The molecule has 144 valence electrons.